The van der Waals surface area contributed by atoms with Crippen molar-refractivity contribution in [2.45, 2.75) is 4.90 Å². The van der Waals surface area contributed by atoms with Crippen molar-refractivity contribution in [3.63, 3.8) is 0 Å². The van der Waals surface area contributed by atoms with Gasteiger partial charge in [0.2, 0.25) is 0 Å². The summed E-state index contributed by atoms with van der Waals surface area (Å²) < 4.78 is 31.5. The third-order valence-electron chi connectivity index (χ3n) is 2.89. The Morgan fingerprint density at radius 1 is 1.30 bits per heavy atom. The molecule has 2 aromatic heterocycles. The van der Waals surface area contributed by atoms with E-state index in [1.54, 1.807) is 24.4 Å². The molecule has 0 spiro atoms. The molecule has 7 heteroatoms. The number of fused-ring (bicyclic) bond motifs is 1. The average Bonchev–Trinajstić information content (AvgIpc) is 3.08. The van der Waals surface area contributed by atoms with Gasteiger partial charge in [0.05, 0.1) is 23.0 Å². The number of sulfonamides is 1. The maximum atomic E-state index is 12.1. The zero-order valence-electron chi connectivity index (χ0n) is 10.1. The summed E-state index contributed by atoms with van der Waals surface area (Å²) in [7, 11) is -3.71. The zero-order chi connectivity index (χ0) is 14.2. The summed E-state index contributed by atoms with van der Waals surface area (Å²) in [6.45, 7) is 0. The number of nitriles is 1. The van der Waals surface area contributed by atoms with Crippen molar-refractivity contribution in [1.29, 1.82) is 5.26 Å². The van der Waals surface area contributed by atoms with Crippen molar-refractivity contribution >= 4 is 26.6 Å². The number of rotatable bonds is 3. The number of furan rings is 1. The van der Waals surface area contributed by atoms with Gasteiger partial charge < -0.3 is 9.40 Å². The van der Waals surface area contributed by atoms with E-state index in [1.807, 2.05) is 6.07 Å². The fourth-order valence-corrected chi connectivity index (χ4v) is 2.93. The van der Waals surface area contributed by atoms with Crippen molar-refractivity contribution in [2.75, 3.05) is 4.72 Å². The minimum Gasteiger partial charge on any atom is -0.471 e. The minimum atomic E-state index is -3.71. The quantitative estimate of drug-likeness (QED) is 0.772. The molecular formula is C13H9N3O3S. The van der Waals surface area contributed by atoms with Gasteiger partial charge in [-0.25, -0.2) is 8.42 Å². The number of H-pyrrole nitrogens is 1. The van der Waals surface area contributed by atoms with Crippen LogP contribution < -0.4 is 4.72 Å². The van der Waals surface area contributed by atoms with E-state index in [-0.39, 0.29) is 4.90 Å². The summed E-state index contributed by atoms with van der Waals surface area (Å²) in [6.07, 6.45) is 3.98. The fourth-order valence-electron chi connectivity index (χ4n) is 1.94. The smallest absolute Gasteiger partial charge is 0.265 e. The summed E-state index contributed by atoms with van der Waals surface area (Å²) in [6, 6.07) is 8.46. The van der Waals surface area contributed by atoms with E-state index in [0.717, 1.165) is 6.26 Å². The van der Waals surface area contributed by atoms with Gasteiger partial charge in [-0.15, -0.1) is 0 Å². The van der Waals surface area contributed by atoms with E-state index in [1.165, 1.54) is 12.3 Å². The molecule has 3 rings (SSSR count). The van der Waals surface area contributed by atoms with Crippen LogP contribution in [0.15, 0.2) is 52.3 Å². The maximum Gasteiger partial charge on any atom is 0.265 e. The van der Waals surface area contributed by atoms with Crippen molar-refractivity contribution in [3.05, 3.63) is 48.6 Å². The van der Waals surface area contributed by atoms with Crippen LogP contribution in [0.25, 0.3) is 10.9 Å². The molecule has 0 aliphatic rings. The molecule has 0 aliphatic heterocycles. The van der Waals surface area contributed by atoms with Crippen LogP contribution in [0.2, 0.25) is 0 Å². The van der Waals surface area contributed by atoms with Crippen LogP contribution in [0.5, 0.6) is 0 Å². The van der Waals surface area contributed by atoms with Gasteiger partial charge in [-0.3, -0.25) is 4.72 Å². The number of anilines is 1. The summed E-state index contributed by atoms with van der Waals surface area (Å²) in [5.41, 5.74) is 1.41. The van der Waals surface area contributed by atoms with Gasteiger partial charge >= 0.3 is 0 Å². The van der Waals surface area contributed by atoms with Crippen LogP contribution in [0.3, 0.4) is 0 Å². The Labute approximate surface area is 114 Å². The van der Waals surface area contributed by atoms with Crippen LogP contribution in [-0.4, -0.2) is 13.4 Å². The highest BCUT2D eigenvalue weighted by Crippen LogP contribution is 2.27. The van der Waals surface area contributed by atoms with Crippen molar-refractivity contribution < 1.29 is 12.8 Å². The molecule has 3 aromatic rings. The first-order valence-electron chi connectivity index (χ1n) is 5.67. The van der Waals surface area contributed by atoms with E-state index < -0.39 is 10.0 Å². The standard InChI is InChI=1S/C13H9N3O3S/c14-6-9-7-15-13-11(9)2-1-3-12(13)16-20(17,18)10-4-5-19-8-10/h1-5,7-8,15-16H. The Hall–Kier alpha value is -2.72. The van der Waals surface area contributed by atoms with Crippen molar-refractivity contribution in [3.8, 4) is 6.07 Å². The van der Waals surface area contributed by atoms with E-state index in [2.05, 4.69) is 9.71 Å². The molecule has 0 bridgehead atoms. The Bertz CT molecular complexity index is 902. The normalized spacial score (nSPS) is 11.3. The van der Waals surface area contributed by atoms with Gasteiger partial charge in [0.25, 0.3) is 10.0 Å². The summed E-state index contributed by atoms with van der Waals surface area (Å²) in [5, 5.41) is 9.64. The Balaban J connectivity index is 2.09. The molecule has 1 aromatic carbocycles. The second kappa shape index (κ2) is 4.43. The number of nitrogens with one attached hydrogen (secondary N) is 2. The molecule has 0 unspecified atom stereocenters. The highest BCUT2D eigenvalue weighted by atomic mass is 32.2. The van der Waals surface area contributed by atoms with Crippen LogP contribution in [0, 0.1) is 11.3 Å². The van der Waals surface area contributed by atoms with Crippen LogP contribution in [-0.2, 0) is 10.0 Å². The molecule has 20 heavy (non-hydrogen) atoms. The summed E-state index contributed by atoms with van der Waals surface area (Å²) in [4.78, 5) is 2.95. The lowest BCUT2D eigenvalue weighted by Crippen LogP contribution is -2.12. The molecular weight excluding hydrogens is 278 g/mol. The first kappa shape index (κ1) is 12.3. The fraction of sp³-hybridized carbons (Fsp3) is 0. The molecule has 0 radical (unpaired) electrons. The zero-order valence-corrected chi connectivity index (χ0v) is 10.9. The molecule has 0 atom stereocenters. The highest BCUT2D eigenvalue weighted by molar-refractivity contribution is 7.92. The third-order valence-corrected chi connectivity index (χ3v) is 4.23. The molecule has 100 valence electrons. The van der Waals surface area contributed by atoms with Crippen molar-refractivity contribution in [2.24, 2.45) is 0 Å². The summed E-state index contributed by atoms with van der Waals surface area (Å²) >= 11 is 0. The maximum absolute atomic E-state index is 12.1. The van der Waals surface area contributed by atoms with E-state index >= 15 is 0 Å². The number of aromatic nitrogens is 1. The monoisotopic (exact) mass is 287 g/mol. The van der Waals surface area contributed by atoms with Gasteiger partial charge in [0, 0.05) is 11.6 Å². The van der Waals surface area contributed by atoms with Crippen LogP contribution >= 0.6 is 0 Å². The lowest BCUT2D eigenvalue weighted by atomic mass is 10.2. The first-order chi connectivity index (χ1) is 9.62. The van der Waals surface area contributed by atoms with E-state index in [9.17, 15) is 8.42 Å². The van der Waals surface area contributed by atoms with Gasteiger partial charge in [-0.2, -0.15) is 5.26 Å². The first-order valence-corrected chi connectivity index (χ1v) is 7.15. The van der Waals surface area contributed by atoms with Gasteiger partial charge in [0.1, 0.15) is 17.2 Å². The molecule has 6 nitrogen and oxygen atoms in total. The third kappa shape index (κ3) is 1.92. The number of benzene rings is 1. The molecule has 2 heterocycles. The SMILES string of the molecule is N#Cc1c[nH]c2c(NS(=O)(=O)c3ccoc3)cccc12. The predicted octanol–water partition coefficient (Wildman–Crippen LogP) is 2.43. The summed E-state index contributed by atoms with van der Waals surface area (Å²) in [5.74, 6) is 0. The number of hydrogen-bond donors (Lipinski definition) is 2. The molecule has 0 fully saturated rings. The number of aromatic amines is 1. The topological polar surface area (TPSA) is 98.9 Å². The van der Waals surface area contributed by atoms with Crippen molar-refractivity contribution in [1.82, 2.24) is 4.98 Å². The Morgan fingerprint density at radius 3 is 2.85 bits per heavy atom. The largest absolute Gasteiger partial charge is 0.471 e. The molecule has 0 amide bonds. The van der Waals surface area contributed by atoms with E-state index in [4.69, 9.17) is 9.68 Å². The van der Waals surface area contributed by atoms with Crippen LogP contribution in [0.4, 0.5) is 5.69 Å². The lowest BCUT2D eigenvalue weighted by Gasteiger charge is -2.07. The van der Waals surface area contributed by atoms with Gasteiger partial charge in [0.15, 0.2) is 0 Å². The number of hydrogen-bond acceptors (Lipinski definition) is 4. The molecule has 0 saturated carbocycles. The molecule has 2 N–H and O–H groups in total. The number of nitrogens with zero attached hydrogens (tertiary/aromatic N) is 1. The lowest BCUT2D eigenvalue weighted by molar-refractivity contribution is 0.557. The molecule has 0 saturated heterocycles. The number of para-hydroxylation sites is 1. The Morgan fingerprint density at radius 2 is 2.15 bits per heavy atom. The van der Waals surface area contributed by atoms with Crippen LogP contribution in [0.1, 0.15) is 5.56 Å². The average molecular weight is 287 g/mol. The van der Waals surface area contributed by atoms with Gasteiger partial charge in [-0.05, 0) is 12.1 Å². The highest BCUT2D eigenvalue weighted by Gasteiger charge is 2.17. The predicted molar refractivity (Wildman–Crippen MR) is 72.5 cm³/mol. The second-order valence-electron chi connectivity index (χ2n) is 4.11. The second-order valence-corrected chi connectivity index (χ2v) is 5.79. The Kier molecular flexibility index (Phi) is 2.73. The van der Waals surface area contributed by atoms with E-state index in [0.29, 0.717) is 22.2 Å². The minimum absolute atomic E-state index is 0.0431. The molecule has 0 aliphatic carbocycles. The van der Waals surface area contributed by atoms with Gasteiger partial charge in [-0.1, -0.05) is 12.1 Å².